The first-order chi connectivity index (χ1) is 9.93. The Labute approximate surface area is 136 Å². The molecule has 21 heavy (non-hydrogen) atoms. The standard InChI is InChI=1S/C16H23Cl2NO2/c1-11(2)16(5-6-16)10-19-8-12(20)9-21-13-3-4-14(17)15(18)7-13/h3-4,7,11-12,19-20H,5-6,8-10H2,1-2H3. The molecule has 1 unspecified atom stereocenters. The molecule has 0 saturated heterocycles. The van der Waals surface area contributed by atoms with Crippen LogP contribution in [0.15, 0.2) is 18.2 Å². The molecule has 1 aliphatic rings. The first-order valence-electron chi connectivity index (χ1n) is 7.39. The summed E-state index contributed by atoms with van der Waals surface area (Å²) < 4.78 is 5.52. The second kappa shape index (κ2) is 7.19. The molecule has 3 nitrogen and oxygen atoms in total. The molecule has 1 saturated carbocycles. The fourth-order valence-corrected chi connectivity index (χ4v) is 2.71. The van der Waals surface area contributed by atoms with Crippen LogP contribution in [0.25, 0.3) is 0 Å². The van der Waals surface area contributed by atoms with Gasteiger partial charge in [0.25, 0.3) is 0 Å². The maximum Gasteiger partial charge on any atom is 0.121 e. The van der Waals surface area contributed by atoms with Crippen molar-refractivity contribution in [2.24, 2.45) is 11.3 Å². The van der Waals surface area contributed by atoms with Gasteiger partial charge in [0.1, 0.15) is 18.5 Å². The maximum absolute atomic E-state index is 9.94. The summed E-state index contributed by atoms with van der Waals surface area (Å²) in [6.45, 7) is 6.26. The van der Waals surface area contributed by atoms with Crippen molar-refractivity contribution >= 4 is 23.2 Å². The van der Waals surface area contributed by atoms with Crippen molar-refractivity contribution in [3.63, 3.8) is 0 Å². The minimum Gasteiger partial charge on any atom is -0.491 e. The van der Waals surface area contributed by atoms with Crippen LogP contribution in [0, 0.1) is 11.3 Å². The van der Waals surface area contributed by atoms with Crippen LogP contribution in [0.5, 0.6) is 5.75 Å². The number of benzene rings is 1. The lowest BCUT2D eigenvalue weighted by molar-refractivity contribution is 0.104. The van der Waals surface area contributed by atoms with Crippen molar-refractivity contribution < 1.29 is 9.84 Å². The van der Waals surface area contributed by atoms with Crippen LogP contribution in [0.2, 0.25) is 10.0 Å². The van der Waals surface area contributed by atoms with Gasteiger partial charge in [-0.2, -0.15) is 0 Å². The van der Waals surface area contributed by atoms with E-state index in [-0.39, 0.29) is 6.61 Å². The second-order valence-corrected chi connectivity index (χ2v) is 7.00. The van der Waals surface area contributed by atoms with E-state index in [2.05, 4.69) is 19.2 Å². The van der Waals surface area contributed by atoms with Crippen LogP contribution in [0.1, 0.15) is 26.7 Å². The number of hydrogen-bond acceptors (Lipinski definition) is 3. The predicted octanol–water partition coefficient (Wildman–Crippen LogP) is 3.76. The predicted molar refractivity (Wildman–Crippen MR) is 87.3 cm³/mol. The molecule has 0 aromatic heterocycles. The normalized spacial score (nSPS) is 17.8. The van der Waals surface area contributed by atoms with Crippen molar-refractivity contribution in [2.75, 3.05) is 19.7 Å². The van der Waals surface area contributed by atoms with Gasteiger partial charge in [0.2, 0.25) is 0 Å². The van der Waals surface area contributed by atoms with Crippen molar-refractivity contribution in [3.8, 4) is 5.75 Å². The Balaban J connectivity index is 1.68. The van der Waals surface area contributed by atoms with Crippen molar-refractivity contribution in [1.82, 2.24) is 5.32 Å². The van der Waals surface area contributed by atoms with E-state index in [0.29, 0.717) is 33.7 Å². The van der Waals surface area contributed by atoms with E-state index in [1.165, 1.54) is 12.8 Å². The number of aliphatic hydroxyl groups is 1. The highest BCUT2D eigenvalue weighted by Gasteiger charge is 2.44. The second-order valence-electron chi connectivity index (χ2n) is 6.19. The average molecular weight is 332 g/mol. The summed E-state index contributed by atoms with van der Waals surface area (Å²) in [5.41, 5.74) is 0.449. The molecular formula is C16H23Cl2NO2. The Kier molecular flexibility index (Phi) is 5.78. The van der Waals surface area contributed by atoms with Crippen LogP contribution in [-0.2, 0) is 0 Å². The van der Waals surface area contributed by atoms with E-state index in [1.54, 1.807) is 18.2 Å². The molecule has 2 rings (SSSR count). The SMILES string of the molecule is CC(C)C1(CNCC(O)COc2ccc(Cl)c(Cl)c2)CC1. The number of hydrogen-bond donors (Lipinski definition) is 2. The molecule has 0 radical (unpaired) electrons. The zero-order chi connectivity index (χ0) is 15.5. The Morgan fingerprint density at radius 3 is 2.57 bits per heavy atom. The molecule has 1 atom stereocenters. The molecule has 2 N–H and O–H groups in total. The number of aliphatic hydroxyl groups excluding tert-OH is 1. The zero-order valence-corrected chi connectivity index (χ0v) is 14.0. The fraction of sp³-hybridized carbons (Fsp3) is 0.625. The number of ether oxygens (including phenoxy) is 1. The van der Waals surface area contributed by atoms with E-state index < -0.39 is 6.10 Å². The zero-order valence-electron chi connectivity index (χ0n) is 12.5. The smallest absolute Gasteiger partial charge is 0.121 e. The lowest BCUT2D eigenvalue weighted by atomic mass is 9.92. The third-order valence-electron chi connectivity index (χ3n) is 4.31. The Hall–Kier alpha value is -0.480. The highest BCUT2D eigenvalue weighted by atomic mass is 35.5. The van der Waals surface area contributed by atoms with E-state index in [4.69, 9.17) is 27.9 Å². The molecule has 5 heteroatoms. The van der Waals surface area contributed by atoms with Gasteiger partial charge >= 0.3 is 0 Å². The fourth-order valence-electron chi connectivity index (χ4n) is 2.42. The summed E-state index contributed by atoms with van der Waals surface area (Å²) in [4.78, 5) is 0. The molecule has 1 aromatic carbocycles. The quantitative estimate of drug-likeness (QED) is 0.762. The summed E-state index contributed by atoms with van der Waals surface area (Å²) in [6.07, 6.45) is 2.03. The summed E-state index contributed by atoms with van der Waals surface area (Å²) in [5, 5.41) is 14.2. The molecule has 0 amide bonds. The molecule has 0 bridgehead atoms. The van der Waals surface area contributed by atoms with Gasteiger partial charge < -0.3 is 15.2 Å². The first kappa shape index (κ1) is 16.9. The van der Waals surface area contributed by atoms with Gasteiger partial charge in [-0.3, -0.25) is 0 Å². The van der Waals surface area contributed by atoms with Gasteiger partial charge in [0, 0.05) is 19.2 Å². The molecule has 1 aliphatic carbocycles. The monoisotopic (exact) mass is 331 g/mol. The molecule has 118 valence electrons. The summed E-state index contributed by atoms with van der Waals surface area (Å²) in [5.74, 6) is 1.30. The average Bonchev–Trinajstić information content (AvgIpc) is 3.21. The molecule has 0 spiro atoms. The third-order valence-corrected chi connectivity index (χ3v) is 5.05. The van der Waals surface area contributed by atoms with Gasteiger partial charge in [-0.25, -0.2) is 0 Å². The number of nitrogens with one attached hydrogen (secondary N) is 1. The van der Waals surface area contributed by atoms with Gasteiger partial charge in [-0.1, -0.05) is 37.0 Å². The maximum atomic E-state index is 9.94. The minimum absolute atomic E-state index is 0.236. The first-order valence-corrected chi connectivity index (χ1v) is 8.15. The Morgan fingerprint density at radius 2 is 2.00 bits per heavy atom. The Morgan fingerprint density at radius 1 is 1.29 bits per heavy atom. The minimum atomic E-state index is -0.539. The molecule has 1 fully saturated rings. The van der Waals surface area contributed by atoms with E-state index in [9.17, 15) is 5.11 Å². The highest BCUT2D eigenvalue weighted by Crippen LogP contribution is 2.51. The van der Waals surface area contributed by atoms with Gasteiger partial charge in [0.05, 0.1) is 10.0 Å². The largest absolute Gasteiger partial charge is 0.491 e. The van der Waals surface area contributed by atoms with Crippen molar-refractivity contribution in [1.29, 1.82) is 0 Å². The van der Waals surface area contributed by atoms with Gasteiger partial charge in [-0.15, -0.1) is 0 Å². The van der Waals surface area contributed by atoms with Crippen LogP contribution >= 0.6 is 23.2 Å². The third kappa shape index (κ3) is 4.75. The topological polar surface area (TPSA) is 41.5 Å². The summed E-state index contributed by atoms with van der Waals surface area (Å²) in [6, 6.07) is 5.08. The van der Waals surface area contributed by atoms with Gasteiger partial charge in [-0.05, 0) is 36.3 Å². The Bertz CT molecular complexity index is 475. The van der Waals surface area contributed by atoms with Crippen LogP contribution in [0.3, 0.4) is 0 Å². The van der Waals surface area contributed by atoms with E-state index in [1.807, 2.05) is 0 Å². The van der Waals surface area contributed by atoms with Crippen molar-refractivity contribution in [2.45, 2.75) is 32.8 Å². The summed E-state index contributed by atoms with van der Waals surface area (Å²) >= 11 is 11.8. The van der Waals surface area contributed by atoms with Crippen molar-refractivity contribution in [3.05, 3.63) is 28.2 Å². The van der Waals surface area contributed by atoms with E-state index in [0.717, 1.165) is 6.54 Å². The number of rotatable bonds is 8. The van der Waals surface area contributed by atoms with Gasteiger partial charge in [0.15, 0.2) is 0 Å². The summed E-state index contributed by atoms with van der Waals surface area (Å²) in [7, 11) is 0. The molecular weight excluding hydrogens is 309 g/mol. The van der Waals surface area contributed by atoms with Crippen LogP contribution < -0.4 is 10.1 Å². The van der Waals surface area contributed by atoms with Crippen LogP contribution in [0.4, 0.5) is 0 Å². The lowest BCUT2D eigenvalue weighted by Crippen LogP contribution is -2.36. The lowest BCUT2D eigenvalue weighted by Gasteiger charge is -2.21. The molecule has 1 aromatic rings. The number of halogens is 2. The molecule has 0 aliphatic heterocycles. The van der Waals surface area contributed by atoms with E-state index >= 15 is 0 Å². The highest BCUT2D eigenvalue weighted by molar-refractivity contribution is 6.42. The molecule has 0 heterocycles. The van der Waals surface area contributed by atoms with Crippen LogP contribution in [-0.4, -0.2) is 30.9 Å².